The van der Waals surface area contributed by atoms with E-state index < -0.39 is 5.97 Å². The zero-order valence-corrected chi connectivity index (χ0v) is 13.6. The lowest BCUT2D eigenvalue weighted by molar-refractivity contribution is -0.136. The van der Waals surface area contributed by atoms with Gasteiger partial charge < -0.3 is 9.47 Å². The molecule has 2 rings (SSSR count). The Morgan fingerprint density at radius 3 is 2.14 bits per heavy atom. The largest absolute Gasteiger partial charge is 0.482 e. The fourth-order valence-corrected chi connectivity index (χ4v) is 2.01. The molecule has 0 N–H and O–H groups in total. The van der Waals surface area contributed by atoms with Crippen LogP contribution >= 0.6 is 15.9 Å². The normalized spacial score (nSPS) is 10.1. The van der Waals surface area contributed by atoms with Gasteiger partial charge in [-0.1, -0.05) is 22.9 Å². The zero-order chi connectivity index (χ0) is 15.9. The van der Waals surface area contributed by atoms with Crippen molar-refractivity contribution in [3.63, 3.8) is 0 Å². The highest BCUT2D eigenvalue weighted by atomic mass is 79.9. The maximum absolute atomic E-state index is 11.7. The van der Waals surface area contributed by atoms with Crippen LogP contribution in [0, 0.1) is 0 Å². The molecule has 0 aliphatic heterocycles. The summed E-state index contributed by atoms with van der Waals surface area (Å²) in [5.74, 6) is 0.523. The molecule has 0 saturated carbocycles. The molecule has 4 nitrogen and oxygen atoms in total. The van der Waals surface area contributed by atoms with Crippen molar-refractivity contribution >= 4 is 27.7 Å². The molecule has 5 heteroatoms. The first kappa shape index (κ1) is 16.2. The standard InChI is InChI=1S/C17H15BrO4/c1-2-16(19)12-3-7-15(8-4-12)22-17(20)11-21-14-9-5-13(18)6-10-14/h3-10H,2,11H2,1H3. The molecule has 0 saturated heterocycles. The average Bonchev–Trinajstić information content (AvgIpc) is 2.54. The van der Waals surface area contributed by atoms with Gasteiger partial charge in [0.05, 0.1) is 0 Å². The number of hydrogen-bond donors (Lipinski definition) is 0. The van der Waals surface area contributed by atoms with Crippen molar-refractivity contribution in [2.24, 2.45) is 0 Å². The number of carbonyl (C=O) groups excluding carboxylic acids is 2. The summed E-state index contributed by atoms with van der Waals surface area (Å²) >= 11 is 3.32. The van der Waals surface area contributed by atoms with Gasteiger partial charge in [0, 0.05) is 16.5 Å². The van der Waals surface area contributed by atoms with Gasteiger partial charge in [-0.2, -0.15) is 0 Å². The maximum Gasteiger partial charge on any atom is 0.349 e. The van der Waals surface area contributed by atoms with Gasteiger partial charge in [0.2, 0.25) is 0 Å². The second kappa shape index (κ2) is 7.75. The molecule has 0 atom stereocenters. The Kier molecular flexibility index (Phi) is 5.72. The minimum Gasteiger partial charge on any atom is -0.482 e. The smallest absolute Gasteiger partial charge is 0.349 e. The van der Waals surface area contributed by atoms with Crippen LogP contribution in [0.3, 0.4) is 0 Å². The van der Waals surface area contributed by atoms with Crippen LogP contribution in [0.15, 0.2) is 53.0 Å². The Balaban J connectivity index is 1.86. The number of ketones is 1. The molecule has 0 fully saturated rings. The molecule has 0 heterocycles. The van der Waals surface area contributed by atoms with Gasteiger partial charge in [0.15, 0.2) is 12.4 Å². The van der Waals surface area contributed by atoms with Crippen LogP contribution in [0.25, 0.3) is 0 Å². The highest BCUT2D eigenvalue weighted by Gasteiger charge is 2.08. The first-order chi connectivity index (χ1) is 10.6. The third-order valence-corrected chi connectivity index (χ3v) is 3.43. The van der Waals surface area contributed by atoms with E-state index in [0.29, 0.717) is 23.5 Å². The Morgan fingerprint density at radius 2 is 1.55 bits per heavy atom. The van der Waals surface area contributed by atoms with E-state index in [1.54, 1.807) is 43.3 Å². The molecule has 0 amide bonds. The molecule has 114 valence electrons. The van der Waals surface area contributed by atoms with E-state index in [9.17, 15) is 9.59 Å². The van der Waals surface area contributed by atoms with Gasteiger partial charge in [-0.3, -0.25) is 4.79 Å². The van der Waals surface area contributed by atoms with Crippen molar-refractivity contribution in [3.05, 3.63) is 58.6 Å². The molecular formula is C17H15BrO4. The number of Topliss-reactive ketones (excluding diaryl/α,β-unsaturated/α-hetero) is 1. The summed E-state index contributed by atoms with van der Waals surface area (Å²) in [7, 11) is 0. The zero-order valence-electron chi connectivity index (χ0n) is 12.0. The van der Waals surface area contributed by atoms with Crippen molar-refractivity contribution in [2.45, 2.75) is 13.3 Å². The summed E-state index contributed by atoms with van der Waals surface area (Å²) < 4.78 is 11.4. The molecule has 0 aromatic heterocycles. The highest BCUT2D eigenvalue weighted by Crippen LogP contribution is 2.17. The second-order valence-corrected chi connectivity index (χ2v) is 5.43. The highest BCUT2D eigenvalue weighted by molar-refractivity contribution is 9.10. The Hall–Kier alpha value is -2.14. The number of carbonyl (C=O) groups is 2. The topological polar surface area (TPSA) is 52.6 Å². The first-order valence-electron chi connectivity index (χ1n) is 6.81. The lowest BCUT2D eigenvalue weighted by Crippen LogP contribution is -2.17. The van der Waals surface area contributed by atoms with Crippen molar-refractivity contribution in [2.75, 3.05) is 6.61 Å². The molecule has 0 aliphatic carbocycles. The van der Waals surface area contributed by atoms with Crippen LogP contribution in [-0.2, 0) is 4.79 Å². The maximum atomic E-state index is 11.7. The molecule has 0 unspecified atom stereocenters. The van der Waals surface area contributed by atoms with E-state index in [2.05, 4.69) is 15.9 Å². The molecule has 2 aromatic rings. The van der Waals surface area contributed by atoms with E-state index in [0.717, 1.165) is 4.47 Å². The van der Waals surface area contributed by atoms with Crippen LogP contribution in [0.4, 0.5) is 0 Å². The summed E-state index contributed by atoms with van der Waals surface area (Å²) in [6.07, 6.45) is 0.445. The Morgan fingerprint density at radius 1 is 0.955 bits per heavy atom. The molecule has 0 radical (unpaired) electrons. The number of ether oxygens (including phenoxy) is 2. The third kappa shape index (κ3) is 4.70. The van der Waals surface area contributed by atoms with Crippen molar-refractivity contribution in [1.82, 2.24) is 0 Å². The Labute approximate surface area is 137 Å². The van der Waals surface area contributed by atoms with Crippen LogP contribution in [0.2, 0.25) is 0 Å². The summed E-state index contributed by atoms with van der Waals surface area (Å²) in [5, 5.41) is 0. The average molecular weight is 363 g/mol. The SMILES string of the molecule is CCC(=O)c1ccc(OC(=O)COc2ccc(Br)cc2)cc1. The molecule has 0 spiro atoms. The van der Waals surface area contributed by atoms with Gasteiger partial charge in [-0.15, -0.1) is 0 Å². The molecule has 2 aromatic carbocycles. The van der Waals surface area contributed by atoms with E-state index in [-0.39, 0.29) is 12.4 Å². The van der Waals surface area contributed by atoms with Crippen LogP contribution < -0.4 is 9.47 Å². The van der Waals surface area contributed by atoms with Crippen LogP contribution in [0.5, 0.6) is 11.5 Å². The van der Waals surface area contributed by atoms with E-state index in [1.807, 2.05) is 12.1 Å². The summed E-state index contributed by atoms with van der Waals surface area (Å²) in [5.41, 5.74) is 0.605. The molecule has 0 aliphatic rings. The number of esters is 1. The van der Waals surface area contributed by atoms with Crippen molar-refractivity contribution < 1.29 is 19.1 Å². The predicted octanol–water partition coefficient (Wildman–Crippen LogP) is 4.03. The van der Waals surface area contributed by atoms with Crippen molar-refractivity contribution in [3.8, 4) is 11.5 Å². The van der Waals surface area contributed by atoms with E-state index in [1.165, 1.54) is 0 Å². The van der Waals surface area contributed by atoms with Gasteiger partial charge in [-0.25, -0.2) is 4.79 Å². The van der Waals surface area contributed by atoms with Crippen LogP contribution in [-0.4, -0.2) is 18.4 Å². The second-order valence-electron chi connectivity index (χ2n) is 4.52. The van der Waals surface area contributed by atoms with Gasteiger partial charge in [-0.05, 0) is 48.5 Å². The number of benzene rings is 2. The lowest BCUT2D eigenvalue weighted by atomic mass is 10.1. The Bertz CT molecular complexity index is 647. The minimum absolute atomic E-state index is 0.0523. The van der Waals surface area contributed by atoms with Gasteiger partial charge >= 0.3 is 5.97 Å². The summed E-state index contributed by atoms with van der Waals surface area (Å²) in [6, 6.07) is 13.6. The number of halogens is 1. The van der Waals surface area contributed by atoms with E-state index in [4.69, 9.17) is 9.47 Å². The summed E-state index contributed by atoms with van der Waals surface area (Å²) in [4.78, 5) is 23.2. The first-order valence-corrected chi connectivity index (χ1v) is 7.60. The minimum atomic E-state index is -0.502. The fourth-order valence-electron chi connectivity index (χ4n) is 1.75. The van der Waals surface area contributed by atoms with E-state index >= 15 is 0 Å². The van der Waals surface area contributed by atoms with Crippen molar-refractivity contribution in [1.29, 1.82) is 0 Å². The predicted molar refractivity (Wildman–Crippen MR) is 86.3 cm³/mol. The fraction of sp³-hybridized carbons (Fsp3) is 0.176. The van der Waals surface area contributed by atoms with Gasteiger partial charge in [0.1, 0.15) is 11.5 Å². The summed E-state index contributed by atoms with van der Waals surface area (Å²) in [6.45, 7) is 1.62. The van der Waals surface area contributed by atoms with Crippen LogP contribution in [0.1, 0.15) is 23.7 Å². The number of hydrogen-bond acceptors (Lipinski definition) is 4. The molecular weight excluding hydrogens is 348 g/mol. The lowest BCUT2D eigenvalue weighted by Gasteiger charge is -2.07. The molecule has 0 bridgehead atoms. The quantitative estimate of drug-likeness (QED) is 0.442. The van der Waals surface area contributed by atoms with Gasteiger partial charge in [0.25, 0.3) is 0 Å². The monoisotopic (exact) mass is 362 g/mol. The third-order valence-electron chi connectivity index (χ3n) is 2.90. The molecule has 22 heavy (non-hydrogen) atoms. The number of rotatable bonds is 6.